The molecule has 3 nitrogen and oxygen atoms in total. The minimum absolute atomic E-state index is 0.0967. The highest BCUT2D eigenvalue weighted by Gasteiger charge is 2.28. The molecule has 0 radical (unpaired) electrons. The summed E-state index contributed by atoms with van der Waals surface area (Å²) in [6.07, 6.45) is 0.797. The lowest BCUT2D eigenvalue weighted by atomic mass is 10.2. The summed E-state index contributed by atoms with van der Waals surface area (Å²) in [5, 5.41) is 3.24. The van der Waals surface area contributed by atoms with E-state index in [0.29, 0.717) is 6.54 Å². The van der Waals surface area contributed by atoms with E-state index in [0.717, 1.165) is 18.5 Å². The zero-order valence-corrected chi connectivity index (χ0v) is 10.3. The molecule has 1 aromatic carbocycles. The molecular weight excluding hydrogens is 243 g/mol. The molecule has 1 N–H and O–H groups in total. The first-order valence-electron chi connectivity index (χ1n) is 5.50. The van der Waals surface area contributed by atoms with E-state index in [2.05, 4.69) is 5.32 Å². The van der Waals surface area contributed by atoms with Crippen LogP contribution < -0.4 is 5.32 Å². The number of carbonyl (C=O) groups excluding carboxylic acids is 1. The first kappa shape index (κ1) is 12.3. The Labute approximate surface area is 105 Å². The number of hydrogen-bond acceptors (Lipinski definition) is 2. The topological polar surface area (TPSA) is 32.3 Å². The van der Waals surface area contributed by atoms with Gasteiger partial charge in [-0.15, -0.1) is 0 Å². The van der Waals surface area contributed by atoms with Crippen LogP contribution in [0.25, 0.3) is 0 Å². The lowest BCUT2D eigenvalue weighted by Crippen LogP contribution is -2.36. The lowest BCUT2D eigenvalue weighted by Gasteiger charge is -2.12. The Kier molecular flexibility index (Phi) is 3.64. The summed E-state index contributed by atoms with van der Waals surface area (Å²) in [5.74, 6) is -0.333. The second-order valence-corrected chi connectivity index (χ2v) is 4.64. The fraction of sp³-hybridized carbons (Fsp3) is 0.417. The Hall–Kier alpha value is -1.13. The maximum Gasteiger partial charge on any atom is 0.239 e. The van der Waals surface area contributed by atoms with Gasteiger partial charge in [-0.1, -0.05) is 17.7 Å². The molecule has 0 aliphatic carbocycles. The minimum atomic E-state index is -0.430. The summed E-state index contributed by atoms with van der Waals surface area (Å²) in [6, 6.07) is 4.51. The van der Waals surface area contributed by atoms with Crippen molar-refractivity contribution in [3.63, 3.8) is 0 Å². The molecule has 1 aliphatic heterocycles. The van der Waals surface area contributed by atoms with Crippen molar-refractivity contribution in [2.75, 3.05) is 13.6 Å². The predicted octanol–water partition coefficient (Wildman–Crippen LogP) is 1.80. The Morgan fingerprint density at radius 2 is 2.35 bits per heavy atom. The van der Waals surface area contributed by atoms with Crippen LogP contribution >= 0.6 is 11.6 Å². The van der Waals surface area contributed by atoms with Crippen LogP contribution in [0.2, 0.25) is 5.02 Å². The van der Waals surface area contributed by atoms with Gasteiger partial charge in [0.25, 0.3) is 0 Å². The molecule has 1 aliphatic rings. The molecule has 0 bridgehead atoms. The number of likely N-dealkylation sites (tertiary alicyclic amines) is 1. The van der Waals surface area contributed by atoms with Gasteiger partial charge in [0, 0.05) is 20.1 Å². The van der Waals surface area contributed by atoms with Crippen molar-refractivity contribution in [1.29, 1.82) is 0 Å². The largest absolute Gasteiger partial charge is 0.344 e. The fourth-order valence-electron chi connectivity index (χ4n) is 1.90. The van der Waals surface area contributed by atoms with Crippen molar-refractivity contribution in [2.24, 2.45) is 0 Å². The zero-order chi connectivity index (χ0) is 12.4. The highest BCUT2D eigenvalue weighted by Crippen LogP contribution is 2.16. The van der Waals surface area contributed by atoms with Crippen molar-refractivity contribution in [3.8, 4) is 0 Å². The second-order valence-electron chi connectivity index (χ2n) is 4.23. The summed E-state index contributed by atoms with van der Waals surface area (Å²) in [5.41, 5.74) is 0.786. The maximum atomic E-state index is 13.2. The van der Waals surface area contributed by atoms with Gasteiger partial charge in [-0.05, 0) is 24.1 Å². The smallest absolute Gasteiger partial charge is 0.239 e. The molecule has 1 unspecified atom stereocenters. The first-order chi connectivity index (χ1) is 8.08. The lowest BCUT2D eigenvalue weighted by molar-refractivity contribution is -0.128. The van der Waals surface area contributed by atoms with Crippen LogP contribution in [0.3, 0.4) is 0 Å². The number of hydrogen-bond donors (Lipinski definition) is 1. The van der Waals surface area contributed by atoms with E-state index in [-0.39, 0.29) is 17.0 Å². The van der Waals surface area contributed by atoms with Crippen molar-refractivity contribution in [1.82, 2.24) is 10.2 Å². The number of benzene rings is 1. The van der Waals surface area contributed by atoms with Gasteiger partial charge in [0.15, 0.2) is 0 Å². The van der Waals surface area contributed by atoms with Gasteiger partial charge in [-0.2, -0.15) is 0 Å². The summed E-state index contributed by atoms with van der Waals surface area (Å²) >= 11 is 5.59. The number of rotatable bonds is 3. The monoisotopic (exact) mass is 256 g/mol. The number of halogens is 2. The van der Waals surface area contributed by atoms with Crippen LogP contribution in [0, 0.1) is 5.82 Å². The molecule has 5 heteroatoms. The van der Waals surface area contributed by atoms with Crippen LogP contribution in [0.5, 0.6) is 0 Å². The van der Waals surface area contributed by atoms with Crippen molar-refractivity contribution in [3.05, 3.63) is 34.6 Å². The molecule has 1 atom stereocenters. The maximum absolute atomic E-state index is 13.2. The van der Waals surface area contributed by atoms with E-state index in [1.807, 2.05) is 0 Å². The van der Waals surface area contributed by atoms with E-state index in [1.165, 1.54) is 12.1 Å². The molecule has 1 amide bonds. The van der Waals surface area contributed by atoms with Gasteiger partial charge < -0.3 is 10.2 Å². The van der Waals surface area contributed by atoms with E-state index >= 15 is 0 Å². The Balaban J connectivity index is 1.94. The van der Waals surface area contributed by atoms with Crippen molar-refractivity contribution >= 4 is 17.5 Å². The first-order valence-corrected chi connectivity index (χ1v) is 5.88. The molecule has 1 saturated heterocycles. The molecule has 1 heterocycles. The normalized spacial score (nSPS) is 20.1. The summed E-state index contributed by atoms with van der Waals surface area (Å²) in [6.45, 7) is 1.24. The number of nitrogens with one attached hydrogen (secondary N) is 1. The third-order valence-electron chi connectivity index (χ3n) is 2.96. The van der Waals surface area contributed by atoms with Crippen molar-refractivity contribution < 1.29 is 9.18 Å². The van der Waals surface area contributed by atoms with Crippen LogP contribution in [-0.2, 0) is 11.3 Å². The summed E-state index contributed by atoms with van der Waals surface area (Å²) in [4.78, 5) is 13.3. The molecule has 17 heavy (non-hydrogen) atoms. The molecule has 2 rings (SSSR count). The SMILES string of the molecule is CN1CCC(NCc2ccc(Cl)c(F)c2)C1=O. The van der Waals surface area contributed by atoms with Crippen molar-refractivity contribution in [2.45, 2.75) is 19.0 Å². The third kappa shape index (κ3) is 2.76. The predicted molar refractivity (Wildman–Crippen MR) is 64.3 cm³/mol. The molecule has 1 aromatic rings. The van der Waals surface area contributed by atoms with Gasteiger partial charge in [0.05, 0.1) is 11.1 Å². The van der Waals surface area contributed by atoms with E-state index in [9.17, 15) is 9.18 Å². The third-order valence-corrected chi connectivity index (χ3v) is 3.27. The number of carbonyl (C=O) groups is 1. The molecule has 1 fully saturated rings. The zero-order valence-electron chi connectivity index (χ0n) is 9.54. The van der Waals surface area contributed by atoms with E-state index in [4.69, 9.17) is 11.6 Å². The second kappa shape index (κ2) is 5.02. The Morgan fingerprint density at radius 3 is 2.94 bits per heavy atom. The van der Waals surface area contributed by atoms with Crippen LogP contribution in [-0.4, -0.2) is 30.4 Å². The van der Waals surface area contributed by atoms with Gasteiger partial charge in [0.2, 0.25) is 5.91 Å². The van der Waals surface area contributed by atoms with Crippen LogP contribution in [0.1, 0.15) is 12.0 Å². The Morgan fingerprint density at radius 1 is 1.59 bits per heavy atom. The highest BCUT2D eigenvalue weighted by atomic mass is 35.5. The molecule has 0 aromatic heterocycles. The van der Waals surface area contributed by atoms with E-state index in [1.54, 1.807) is 18.0 Å². The molecule has 0 saturated carbocycles. The van der Waals surface area contributed by atoms with Gasteiger partial charge in [-0.25, -0.2) is 4.39 Å². The number of likely N-dealkylation sites (N-methyl/N-ethyl adjacent to an activating group) is 1. The molecular formula is C12H14ClFN2O. The van der Waals surface area contributed by atoms with E-state index < -0.39 is 5.82 Å². The molecule has 92 valence electrons. The standard InChI is InChI=1S/C12H14ClFN2O/c1-16-5-4-11(12(16)17)15-7-8-2-3-9(13)10(14)6-8/h2-3,6,11,15H,4-5,7H2,1H3. The Bertz CT molecular complexity index is 439. The quantitative estimate of drug-likeness (QED) is 0.895. The average Bonchev–Trinajstić information content (AvgIpc) is 2.62. The average molecular weight is 257 g/mol. The molecule has 0 spiro atoms. The fourth-order valence-corrected chi connectivity index (χ4v) is 2.02. The summed E-state index contributed by atoms with van der Waals surface area (Å²) < 4.78 is 13.2. The van der Waals surface area contributed by atoms with Gasteiger partial charge in [-0.3, -0.25) is 4.79 Å². The number of amides is 1. The van der Waals surface area contributed by atoms with Crippen LogP contribution in [0.15, 0.2) is 18.2 Å². The summed E-state index contributed by atoms with van der Waals surface area (Å²) in [7, 11) is 1.78. The van der Waals surface area contributed by atoms with Crippen LogP contribution in [0.4, 0.5) is 4.39 Å². The number of nitrogens with zero attached hydrogens (tertiary/aromatic N) is 1. The van der Waals surface area contributed by atoms with Gasteiger partial charge >= 0.3 is 0 Å². The van der Waals surface area contributed by atoms with Gasteiger partial charge in [0.1, 0.15) is 5.82 Å². The highest BCUT2D eigenvalue weighted by molar-refractivity contribution is 6.30. The minimum Gasteiger partial charge on any atom is -0.344 e.